The average molecular weight is 221 g/mol. The van der Waals surface area contributed by atoms with Gasteiger partial charge in [-0.05, 0) is 13.0 Å². The molecule has 6 heteroatoms. The van der Waals surface area contributed by atoms with Gasteiger partial charge in [0.1, 0.15) is 0 Å². The summed E-state index contributed by atoms with van der Waals surface area (Å²) in [6.45, 7) is 1.89. The van der Waals surface area contributed by atoms with Gasteiger partial charge in [-0.15, -0.1) is 0 Å². The number of nitrogens with zero attached hydrogens (tertiary/aromatic N) is 1. The molecule has 0 fully saturated rings. The Morgan fingerprint density at radius 3 is 2.80 bits per heavy atom. The first-order valence-electron chi connectivity index (χ1n) is 4.44. The van der Waals surface area contributed by atoms with Crippen LogP contribution >= 0.6 is 0 Å². The Hall–Kier alpha value is -1.22. The lowest BCUT2D eigenvalue weighted by molar-refractivity contribution is -0.195. The second kappa shape index (κ2) is 4.53. The molecule has 0 aromatic heterocycles. The molecule has 0 saturated carbocycles. The van der Waals surface area contributed by atoms with Gasteiger partial charge in [0.15, 0.2) is 0 Å². The fourth-order valence-corrected chi connectivity index (χ4v) is 1.23. The van der Waals surface area contributed by atoms with Crippen molar-refractivity contribution in [1.29, 1.82) is 5.26 Å². The van der Waals surface area contributed by atoms with Gasteiger partial charge >= 0.3 is 6.18 Å². The number of nitriles is 1. The molecule has 0 bridgehead atoms. The van der Waals surface area contributed by atoms with Crippen LogP contribution in [-0.4, -0.2) is 19.1 Å². The molecule has 84 valence electrons. The highest BCUT2D eigenvalue weighted by molar-refractivity contribution is 5.12. The van der Waals surface area contributed by atoms with E-state index in [1.54, 1.807) is 13.0 Å². The van der Waals surface area contributed by atoms with Gasteiger partial charge in [-0.2, -0.15) is 18.4 Å². The Morgan fingerprint density at radius 1 is 1.67 bits per heavy atom. The maximum Gasteiger partial charge on any atom is 0.448 e. The minimum Gasteiger partial charge on any atom is -0.460 e. The van der Waals surface area contributed by atoms with Crippen LogP contribution < -0.4 is 0 Å². The zero-order chi connectivity index (χ0) is 11.5. The molecule has 0 spiro atoms. The fraction of sp³-hybridized carbons (Fsp3) is 0.667. The van der Waals surface area contributed by atoms with Crippen LogP contribution in [0.3, 0.4) is 0 Å². The van der Waals surface area contributed by atoms with E-state index in [0.29, 0.717) is 0 Å². The van der Waals surface area contributed by atoms with E-state index in [4.69, 9.17) is 10.00 Å². The van der Waals surface area contributed by atoms with Gasteiger partial charge in [0.2, 0.25) is 12.0 Å². The smallest absolute Gasteiger partial charge is 0.448 e. The molecular weight excluding hydrogens is 211 g/mol. The van der Waals surface area contributed by atoms with Gasteiger partial charge in [0.05, 0.1) is 12.0 Å². The first-order chi connectivity index (χ1) is 6.97. The van der Waals surface area contributed by atoms with Gasteiger partial charge in [0.25, 0.3) is 0 Å². The Labute approximate surface area is 85.1 Å². The molecule has 0 aromatic rings. The predicted octanol–water partition coefficient (Wildman–Crippen LogP) is 2.36. The predicted molar refractivity (Wildman–Crippen MR) is 44.4 cm³/mol. The van der Waals surface area contributed by atoms with E-state index in [1.807, 2.05) is 0 Å². The molecule has 1 aliphatic heterocycles. The van der Waals surface area contributed by atoms with Crippen LogP contribution in [0, 0.1) is 17.2 Å². The Kier molecular flexibility index (Phi) is 3.58. The number of hydrogen-bond donors (Lipinski definition) is 0. The van der Waals surface area contributed by atoms with Crippen molar-refractivity contribution in [2.24, 2.45) is 5.92 Å². The Morgan fingerprint density at radius 2 is 2.33 bits per heavy atom. The van der Waals surface area contributed by atoms with E-state index < -0.39 is 24.1 Å². The molecule has 0 aromatic carbocycles. The third-order valence-electron chi connectivity index (χ3n) is 1.86. The summed E-state index contributed by atoms with van der Waals surface area (Å²) in [5, 5.41) is 8.59. The highest BCUT2D eigenvalue weighted by Gasteiger charge is 2.41. The van der Waals surface area contributed by atoms with Crippen LogP contribution in [0.1, 0.15) is 13.3 Å². The van der Waals surface area contributed by atoms with Crippen molar-refractivity contribution in [2.75, 3.05) is 6.61 Å². The molecule has 0 N–H and O–H groups in total. The fourth-order valence-electron chi connectivity index (χ4n) is 1.23. The third-order valence-corrected chi connectivity index (χ3v) is 1.86. The molecule has 2 atom stereocenters. The summed E-state index contributed by atoms with van der Waals surface area (Å²) in [5.41, 5.74) is 0. The highest BCUT2D eigenvalue weighted by Crippen LogP contribution is 2.33. The molecule has 0 saturated heterocycles. The molecule has 1 aliphatic rings. The van der Waals surface area contributed by atoms with Crippen LogP contribution in [-0.2, 0) is 9.47 Å². The van der Waals surface area contributed by atoms with Crippen LogP contribution in [0.15, 0.2) is 11.8 Å². The lowest BCUT2D eigenvalue weighted by atomic mass is 10.0. The summed E-state index contributed by atoms with van der Waals surface area (Å²) < 4.78 is 46.4. The first-order valence-corrected chi connectivity index (χ1v) is 4.44. The molecule has 2 unspecified atom stereocenters. The second-order valence-corrected chi connectivity index (χ2v) is 3.00. The topological polar surface area (TPSA) is 42.2 Å². The van der Waals surface area contributed by atoms with Gasteiger partial charge in [-0.1, -0.05) is 0 Å². The lowest BCUT2D eigenvalue weighted by Crippen LogP contribution is -2.29. The Bertz CT molecular complexity index is 293. The number of allylic oxidation sites excluding steroid dienone is 2. The summed E-state index contributed by atoms with van der Waals surface area (Å²) in [7, 11) is 0. The van der Waals surface area contributed by atoms with Crippen LogP contribution in [0.4, 0.5) is 13.2 Å². The van der Waals surface area contributed by atoms with E-state index in [0.717, 1.165) is 6.08 Å². The van der Waals surface area contributed by atoms with Gasteiger partial charge in [0, 0.05) is 13.0 Å². The van der Waals surface area contributed by atoms with E-state index in [1.165, 1.54) is 0 Å². The van der Waals surface area contributed by atoms with E-state index in [9.17, 15) is 13.2 Å². The summed E-state index contributed by atoms with van der Waals surface area (Å²) in [6, 6.07) is 1.76. The van der Waals surface area contributed by atoms with Crippen molar-refractivity contribution < 1.29 is 22.6 Å². The number of alkyl halides is 3. The van der Waals surface area contributed by atoms with Crippen molar-refractivity contribution in [2.45, 2.75) is 25.8 Å². The van der Waals surface area contributed by atoms with Crippen LogP contribution in [0.5, 0.6) is 0 Å². The van der Waals surface area contributed by atoms with E-state index >= 15 is 0 Å². The van der Waals surface area contributed by atoms with Crippen molar-refractivity contribution >= 4 is 0 Å². The second-order valence-electron chi connectivity index (χ2n) is 3.00. The van der Waals surface area contributed by atoms with Crippen molar-refractivity contribution in [3.05, 3.63) is 11.8 Å². The molecular formula is C9H10F3NO2. The number of halogens is 3. The first kappa shape index (κ1) is 11.9. The minimum absolute atomic E-state index is 0.129. The maximum atomic E-state index is 12.3. The molecule has 0 aliphatic carbocycles. The van der Waals surface area contributed by atoms with E-state index in [-0.39, 0.29) is 13.0 Å². The largest absolute Gasteiger partial charge is 0.460 e. The maximum absolute atomic E-state index is 12.3. The molecule has 1 rings (SSSR count). The summed E-state index contributed by atoms with van der Waals surface area (Å²) >= 11 is 0. The van der Waals surface area contributed by atoms with Crippen molar-refractivity contribution in [1.82, 2.24) is 0 Å². The normalized spacial score (nSPS) is 26.5. The SMILES string of the molecule is CCOC1CC(C#N)C=C(C(F)(F)F)O1. The summed E-state index contributed by atoms with van der Waals surface area (Å²) in [4.78, 5) is 0. The molecule has 3 nitrogen and oxygen atoms in total. The lowest BCUT2D eigenvalue weighted by Gasteiger charge is -2.27. The molecule has 0 radical (unpaired) electrons. The third kappa shape index (κ3) is 3.13. The van der Waals surface area contributed by atoms with Crippen molar-refractivity contribution in [3.8, 4) is 6.07 Å². The van der Waals surface area contributed by atoms with Gasteiger partial charge in [-0.25, -0.2) is 0 Å². The Balaban J connectivity index is 2.79. The molecule has 1 heterocycles. The van der Waals surface area contributed by atoms with Gasteiger partial charge in [-0.3, -0.25) is 0 Å². The van der Waals surface area contributed by atoms with Gasteiger partial charge < -0.3 is 9.47 Å². The highest BCUT2D eigenvalue weighted by atomic mass is 19.4. The zero-order valence-corrected chi connectivity index (χ0v) is 8.04. The summed E-state index contributed by atoms with van der Waals surface area (Å²) in [5.74, 6) is -1.95. The quantitative estimate of drug-likeness (QED) is 0.718. The standard InChI is InChI=1S/C9H10F3NO2/c1-2-14-8-4-6(5-13)3-7(15-8)9(10,11)12/h3,6,8H,2,4H2,1H3. The summed E-state index contributed by atoms with van der Waals surface area (Å²) in [6.07, 6.45) is -4.63. The van der Waals surface area contributed by atoms with E-state index in [2.05, 4.69) is 4.74 Å². The number of rotatable bonds is 2. The zero-order valence-electron chi connectivity index (χ0n) is 8.04. The van der Waals surface area contributed by atoms with Crippen LogP contribution in [0.2, 0.25) is 0 Å². The van der Waals surface area contributed by atoms with Crippen LogP contribution in [0.25, 0.3) is 0 Å². The number of ether oxygens (including phenoxy) is 2. The average Bonchev–Trinajstić information content (AvgIpc) is 2.16. The molecule has 15 heavy (non-hydrogen) atoms. The minimum atomic E-state index is -4.56. The van der Waals surface area contributed by atoms with Crippen molar-refractivity contribution in [3.63, 3.8) is 0 Å². The monoisotopic (exact) mass is 221 g/mol. The molecule has 0 amide bonds. The number of hydrogen-bond acceptors (Lipinski definition) is 3.